The van der Waals surface area contributed by atoms with Gasteiger partial charge in [0.25, 0.3) is 0 Å². The lowest BCUT2D eigenvalue weighted by molar-refractivity contribution is 0.0373. The minimum absolute atomic E-state index is 0.405. The number of hydrogen-bond donors (Lipinski definition) is 0. The van der Waals surface area contributed by atoms with Crippen LogP contribution in [0.25, 0.3) is 21.7 Å². The molecule has 5 aromatic rings. The Morgan fingerprint density at radius 1 is 0.750 bits per heavy atom. The molecule has 4 heteroatoms. The lowest BCUT2D eigenvalue weighted by atomic mass is 9.97. The average molecular weight is 419 g/mol. The number of ether oxygens (including phenoxy) is 2. The van der Waals surface area contributed by atoms with Crippen LogP contribution in [0.5, 0.6) is 5.75 Å². The Bertz CT molecular complexity index is 1410. The Hall–Kier alpha value is -4.18. The number of aromatic nitrogens is 1. The second kappa shape index (κ2) is 8.52. The zero-order valence-electron chi connectivity index (χ0n) is 17.6. The summed E-state index contributed by atoms with van der Waals surface area (Å²) in [6.07, 6.45) is -0.702. The molecule has 1 unspecified atom stereocenters. The molecule has 0 fully saturated rings. The molecule has 5 rings (SSSR count). The summed E-state index contributed by atoms with van der Waals surface area (Å²) in [6.45, 7) is 0. The van der Waals surface area contributed by atoms with Crippen LogP contribution in [0.1, 0.15) is 27.7 Å². The van der Waals surface area contributed by atoms with Gasteiger partial charge in [0.2, 0.25) is 0 Å². The molecule has 4 aromatic carbocycles. The van der Waals surface area contributed by atoms with Gasteiger partial charge in [-0.3, -0.25) is 0 Å². The first-order chi connectivity index (χ1) is 15.7. The maximum atomic E-state index is 13.1. The third kappa shape index (κ3) is 3.67. The number of para-hydroxylation sites is 1. The lowest BCUT2D eigenvalue weighted by Gasteiger charge is -2.21. The fraction of sp³-hybridized carbons (Fsp3) is 0.0714. The highest BCUT2D eigenvalue weighted by Gasteiger charge is 2.25. The van der Waals surface area contributed by atoms with E-state index in [2.05, 4.69) is 12.1 Å². The van der Waals surface area contributed by atoms with E-state index in [4.69, 9.17) is 14.5 Å². The van der Waals surface area contributed by atoms with Gasteiger partial charge in [-0.25, -0.2) is 9.78 Å². The van der Waals surface area contributed by atoms with Crippen molar-refractivity contribution in [2.75, 3.05) is 7.11 Å². The van der Waals surface area contributed by atoms with Crippen LogP contribution in [0.4, 0.5) is 0 Å². The molecule has 1 atom stereocenters. The van der Waals surface area contributed by atoms with Gasteiger partial charge in [-0.1, -0.05) is 72.8 Å². The summed E-state index contributed by atoms with van der Waals surface area (Å²) in [5, 5.41) is 3.07. The number of rotatable bonds is 5. The molecule has 0 radical (unpaired) electrons. The molecule has 0 aliphatic carbocycles. The van der Waals surface area contributed by atoms with E-state index in [0.29, 0.717) is 17.0 Å². The molecular formula is C28H21NO3. The van der Waals surface area contributed by atoms with Gasteiger partial charge < -0.3 is 9.47 Å². The Morgan fingerprint density at radius 2 is 1.44 bits per heavy atom. The van der Waals surface area contributed by atoms with Crippen LogP contribution < -0.4 is 4.74 Å². The standard InChI is InChI=1S/C28H21NO3/c1-31-21-13-9-12-20(18-21)27(32-28(30)19-10-3-2-4-11-19)26-24-16-6-5-14-22(24)23-15-7-8-17-25(23)29-26/h2-18,27H,1H3. The molecule has 1 heterocycles. The number of esters is 1. The quantitative estimate of drug-likeness (QED) is 0.246. The summed E-state index contributed by atoms with van der Waals surface area (Å²) in [4.78, 5) is 18.0. The van der Waals surface area contributed by atoms with Crippen molar-refractivity contribution >= 4 is 27.6 Å². The first-order valence-electron chi connectivity index (χ1n) is 10.4. The van der Waals surface area contributed by atoms with E-state index < -0.39 is 12.1 Å². The Labute approximate surface area is 186 Å². The van der Waals surface area contributed by atoms with E-state index in [1.54, 1.807) is 19.2 Å². The van der Waals surface area contributed by atoms with E-state index >= 15 is 0 Å². The Kier molecular flexibility index (Phi) is 5.26. The first kappa shape index (κ1) is 19.8. The Balaban J connectivity index is 1.72. The van der Waals surface area contributed by atoms with Crippen LogP contribution in [0.2, 0.25) is 0 Å². The van der Waals surface area contributed by atoms with Crippen molar-refractivity contribution in [2.24, 2.45) is 0 Å². The SMILES string of the molecule is COc1cccc(C(OC(=O)c2ccccc2)c2nc3ccccc3c3ccccc23)c1. The van der Waals surface area contributed by atoms with E-state index in [1.165, 1.54) is 0 Å². The van der Waals surface area contributed by atoms with Gasteiger partial charge in [0.1, 0.15) is 5.75 Å². The zero-order valence-corrected chi connectivity index (χ0v) is 17.6. The summed E-state index contributed by atoms with van der Waals surface area (Å²) < 4.78 is 11.5. The van der Waals surface area contributed by atoms with Crippen molar-refractivity contribution in [3.63, 3.8) is 0 Å². The number of carbonyl (C=O) groups is 1. The van der Waals surface area contributed by atoms with Crippen molar-refractivity contribution in [1.82, 2.24) is 4.98 Å². The highest BCUT2D eigenvalue weighted by Crippen LogP contribution is 2.35. The molecule has 0 amide bonds. The molecular weight excluding hydrogens is 398 g/mol. The molecule has 0 saturated carbocycles. The summed E-state index contributed by atoms with van der Waals surface area (Å²) in [7, 11) is 1.62. The minimum atomic E-state index is -0.702. The molecule has 4 nitrogen and oxygen atoms in total. The molecule has 0 spiro atoms. The minimum Gasteiger partial charge on any atom is -0.497 e. The maximum Gasteiger partial charge on any atom is 0.339 e. The zero-order chi connectivity index (χ0) is 21.9. The fourth-order valence-electron chi connectivity index (χ4n) is 3.97. The predicted molar refractivity (Wildman–Crippen MR) is 126 cm³/mol. The van der Waals surface area contributed by atoms with Crippen LogP contribution in [-0.2, 0) is 4.74 Å². The van der Waals surface area contributed by atoms with Crippen LogP contribution in [0.3, 0.4) is 0 Å². The third-order valence-electron chi connectivity index (χ3n) is 5.52. The van der Waals surface area contributed by atoms with Gasteiger partial charge >= 0.3 is 5.97 Å². The number of pyridine rings is 1. The number of fused-ring (bicyclic) bond motifs is 3. The van der Waals surface area contributed by atoms with Crippen LogP contribution in [0, 0.1) is 0 Å². The van der Waals surface area contributed by atoms with Crippen molar-refractivity contribution in [2.45, 2.75) is 6.10 Å². The molecule has 0 bridgehead atoms. The Morgan fingerprint density at radius 3 is 2.22 bits per heavy atom. The number of benzene rings is 4. The van der Waals surface area contributed by atoms with Crippen molar-refractivity contribution in [3.8, 4) is 5.75 Å². The maximum absolute atomic E-state index is 13.1. The van der Waals surface area contributed by atoms with E-state index in [-0.39, 0.29) is 0 Å². The van der Waals surface area contributed by atoms with E-state index in [1.807, 2.05) is 78.9 Å². The number of nitrogens with zero attached hydrogens (tertiary/aromatic N) is 1. The smallest absolute Gasteiger partial charge is 0.339 e. The predicted octanol–water partition coefficient (Wildman–Crippen LogP) is 6.34. The first-order valence-corrected chi connectivity index (χ1v) is 10.4. The molecule has 0 N–H and O–H groups in total. The van der Waals surface area contributed by atoms with Gasteiger partial charge in [-0.15, -0.1) is 0 Å². The van der Waals surface area contributed by atoms with E-state index in [9.17, 15) is 4.79 Å². The van der Waals surface area contributed by atoms with E-state index in [0.717, 1.165) is 27.2 Å². The van der Waals surface area contributed by atoms with Crippen LogP contribution in [0.15, 0.2) is 103 Å². The topological polar surface area (TPSA) is 48.4 Å². The number of methoxy groups -OCH3 is 1. The molecule has 0 aliphatic rings. The summed E-state index contributed by atoms with van der Waals surface area (Å²) in [5.74, 6) is 0.283. The second-order valence-corrected chi connectivity index (χ2v) is 7.49. The monoisotopic (exact) mass is 419 g/mol. The van der Waals surface area contributed by atoms with Gasteiger partial charge in [-0.05, 0) is 35.7 Å². The van der Waals surface area contributed by atoms with Crippen molar-refractivity contribution in [1.29, 1.82) is 0 Å². The largest absolute Gasteiger partial charge is 0.497 e. The normalized spacial score (nSPS) is 11.9. The van der Waals surface area contributed by atoms with Gasteiger partial charge in [0, 0.05) is 16.3 Å². The molecule has 0 saturated heterocycles. The average Bonchev–Trinajstić information content (AvgIpc) is 2.87. The molecule has 32 heavy (non-hydrogen) atoms. The number of hydrogen-bond acceptors (Lipinski definition) is 4. The van der Waals surface area contributed by atoms with Gasteiger partial charge in [-0.2, -0.15) is 0 Å². The highest BCUT2D eigenvalue weighted by molar-refractivity contribution is 6.06. The summed E-state index contributed by atoms with van der Waals surface area (Å²) in [6, 6.07) is 32.7. The molecule has 0 aliphatic heterocycles. The molecule has 1 aromatic heterocycles. The van der Waals surface area contributed by atoms with Crippen LogP contribution >= 0.6 is 0 Å². The van der Waals surface area contributed by atoms with Crippen LogP contribution in [-0.4, -0.2) is 18.1 Å². The molecule has 156 valence electrons. The number of carbonyl (C=O) groups excluding carboxylic acids is 1. The van der Waals surface area contributed by atoms with Crippen molar-refractivity contribution < 1.29 is 14.3 Å². The lowest BCUT2D eigenvalue weighted by Crippen LogP contribution is -2.15. The van der Waals surface area contributed by atoms with Gasteiger partial charge in [0.05, 0.1) is 23.9 Å². The highest BCUT2D eigenvalue weighted by atomic mass is 16.5. The summed E-state index contributed by atoms with van der Waals surface area (Å²) >= 11 is 0. The summed E-state index contributed by atoms with van der Waals surface area (Å²) in [5.41, 5.74) is 2.83. The van der Waals surface area contributed by atoms with Gasteiger partial charge in [0.15, 0.2) is 6.10 Å². The third-order valence-corrected chi connectivity index (χ3v) is 5.52. The second-order valence-electron chi connectivity index (χ2n) is 7.49. The van der Waals surface area contributed by atoms with Crippen molar-refractivity contribution in [3.05, 3.63) is 120 Å². The fourth-order valence-corrected chi connectivity index (χ4v) is 3.97.